The molecule has 0 aliphatic heterocycles. The van der Waals surface area contributed by atoms with E-state index in [4.69, 9.17) is 4.52 Å². The van der Waals surface area contributed by atoms with Gasteiger partial charge in [-0.15, -0.1) is 0 Å². The SMILES string of the molecule is CCC(C)c1noc2nccc(C(C)C)c12. The van der Waals surface area contributed by atoms with E-state index in [9.17, 15) is 0 Å². The van der Waals surface area contributed by atoms with Gasteiger partial charge in [-0.1, -0.05) is 32.9 Å². The number of pyridine rings is 1. The standard InChI is InChI=1S/C13H18N2O/c1-5-9(4)12-11-10(8(2)3)6-7-14-13(11)16-15-12/h6-9H,5H2,1-4H3. The fraction of sp³-hybridized carbons (Fsp3) is 0.538. The summed E-state index contributed by atoms with van der Waals surface area (Å²) in [5.41, 5.74) is 3.00. The summed E-state index contributed by atoms with van der Waals surface area (Å²) in [5, 5.41) is 5.29. The topological polar surface area (TPSA) is 38.9 Å². The van der Waals surface area contributed by atoms with Crippen LogP contribution in [0.1, 0.15) is 57.2 Å². The van der Waals surface area contributed by atoms with Crippen LogP contribution in [-0.4, -0.2) is 10.1 Å². The molecule has 0 radical (unpaired) electrons. The molecular formula is C13H18N2O. The van der Waals surface area contributed by atoms with Gasteiger partial charge in [-0.3, -0.25) is 0 Å². The lowest BCUT2D eigenvalue weighted by atomic mass is 9.95. The van der Waals surface area contributed by atoms with Crippen LogP contribution in [0.4, 0.5) is 0 Å². The minimum atomic E-state index is 0.419. The number of aromatic nitrogens is 2. The zero-order valence-corrected chi connectivity index (χ0v) is 10.3. The highest BCUT2D eigenvalue weighted by Crippen LogP contribution is 2.31. The van der Waals surface area contributed by atoms with Gasteiger partial charge >= 0.3 is 0 Å². The summed E-state index contributed by atoms with van der Waals surface area (Å²) < 4.78 is 5.30. The molecule has 2 aromatic heterocycles. The van der Waals surface area contributed by atoms with Crippen LogP contribution in [0.3, 0.4) is 0 Å². The van der Waals surface area contributed by atoms with Crippen molar-refractivity contribution in [3.8, 4) is 0 Å². The molecule has 3 nitrogen and oxygen atoms in total. The van der Waals surface area contributed by atoms with Gasteiger partial charge in [-0.25, -0.2) is 4.98 Å². The van der Waals surface area contributed by atoms with E-state index in [1.165, 1.54) is 5.56 Å². The fourth-order valence-corrected chi connectivity index (χ4v) is 1.93. The van der Waals surface area contributed by atoms with Crippen molar-refractivity contribution < 1.29 is 4.52 Å². The Morgan fingerprint density at radius 2 is 2.06 bits per heavy atom. The third kappa shape index (κ3) is 1.70. The number of nitrogens with zero attached hydrogens (tertiary/aromatic N) is 2. The van der Waals surface area contributed by atoms with Crippen molar-refractivity contribution in [2.45, 2.75) is 46.0 Å². The first-order valence-corrected chi connectivity index (χ1v) is 5.89. The Balaban J connectivity index is 2.67. The molecule has 2 aromatic rings. The molecule has 0 N–H and O–H groups in total. The number of rotatable bonds is 3. The minimum absolute atomic E-state index is 0.419. The van der Waals surface area contributed by atoms with E-state index in [1.807, 2.05) is 0 Å². The number of fused-ring (bicyclic) bond motifs is 1. The van der Waals surface area contributed by atoms with E-state index in [0.29, 0.717) is 17.5 Å². The average Bonchev–Trinajstić information content (AvgIpc) is 2.71. The van der Waals surface area contributed by atoms with Crippen LogP contribution >= 0.6 is 0 Å². The van der Waals surface area contributed by atoms with E-state index in [2.05, 4.69) is 43.9 Å². The van der Waals surface area contributed by atoms with Crippen molar-refractivity contribution in [3.05, 3.63) is 23.5 Å². The Hall–Kier alpha value is -1.38. The maximum Gasteiger partial charge on any atom is 0.258 e. The van der Waals surface area contributed by atoms with Crippen molar-refractivity contribution in [2.75, 3.05) is 0 Å². The Labute approximate surface area is 95.9 Å². The first-order valence-electron chi connectivity index (χ1n) is 5.89. The maximum absolute atomic E-state index is 5.30. The van der Waals surface area contributed by atoms with Crippen LogP contribution in [0.25, 0.3) is 11.1 Å². The van der Waals surface area contributed by atoms with Crippen LogP contribution in [0.5, 0.6) is 0 Å². The molecule has 0 aliphatic rings. The molecule has 1 unspecified atom stereocenters. The summed E-state index contributed by atoms with van der Waals surface area (Å²) in [7, 11) is 0. The molecule has 86 valence electrons. The summed E-state index contributed by atoms with van der Waals surface area (Å²) in [6, 6.07) is 2.07. The van der Waals surface area contributed by atoms with Crippen molar-refractivity contribution in [2.24, 2.45) is 0 Å². The fourth-order valence-electron chi connectivity index (χ4n) is 1.93. The molecule has 3 heteroatoms. The van der Waals surface area contributed by atoms with Gasteiger partial charge in [0.15, 0.2) is 0 Å². The van der Waals surface area contributed by atoms with Crippen molar-refractivity contribution >= 4 is 11.1 Å². The lowest BCUT2D eigenvalue weighted by Gasteiger charge is -2.09. The predicted octanol–water partition coefficient (Wildman–Crippen LogP) is 3.86. The second-order valence-electron chi connectivity index (χ2n) is 4.61. The number of hydrogen-bond acceptors (Lipinski definition) is 3. The largest absolute Gasteiger partial charge is 0.336 e. The summed E-state index contributed by atoms with van der Waals surface area (Å²) >= 11 is 0. The molecule has 0 spiro atoms. The summed E-state index contributed by atoms with van der Waals surface area (Å²) in [6.45, 7) is 8.70. The molecule has 0 aliphatic carbocycles. The van der Waals surface area contributed by atoms with Gasteiger partial charge in [0.05, 0.1) is 11.1 Å². The molecule has 0 aromatic carbocycles. The quantitative estimate of drug-likeness (QED) is 0.785. The zero-order chi connectivity index (χ0) is 11.7. The van der Waals surface area contributed by atoms with Crippen LogP contribution in [0.2, 0.25) is 0 Å². The lowest BCUT2D eigenvalue weighted by Crippen LogP contribution is -1.96. The molecule has 0 amide bonds. The summed E-state index contributed by atoms with van der Waals surface area (Å²) in [6.07, 6.45) is 2.86. The van der Waals surface area contributed by atoms with Gasteiger partial charge in [-0.2, -0.15) is 0 Å². The van der Waals surface area contributed by atoms with E-state index >= 15 is 0 Å². The summed E-state index contributed by atoms with van der Waals surface area (Å²) in [4.78, 5) is 4.23. The van der Waals surface area contributed by atoms with Crippen LogP contribution in [-0.2, 0) is 0 Å². The van der Waals surface area contributed by atoms with Crippen LogP contribution < -0.4 is 0 Å². The normalized spacial score (nSPS) is 13.6. The molecule has 16 heavy (non-hydrogen) atoms. The Kier molecular flexibility index (Phi) is 2.95. The van der Waals surface area contributed by atoms with Crippen LogP contribution in [0.15, 0.2) is 16.8 Å². The van der Waals surface area contributed by atoms with Crippen molar-refractivity contribution in [3.63, 3.8) is 0 Å². The highest BCUT2D eigenvalue weighted by atomic mass is 16.5. The van der Waals surface area contributed by atoms with Crippen molar-refractivity contribution in [1.82, 2.24) is 10.1 Å². The van der Waals surface area contributed by atoms with Crippen molar-refractivity contribution in [1.29, 1.82) is 0 Å². The maximum atomic E-state index is 5.30. The molecule has 0 bridgehead atoms. The predicted molar refractivity (Wildman–Crippen MR) is 64.6 cm³/mol. The zero-order valence-electron chi connectivity index (χ0n) is 10.3. The molecule has 0 saturated heterocycles. The second kappa shape index (κ2) is 4.24. The highest BCUT2D eigenvalue weighted by molar-refractivity contribution is 5.80. The van der Waals surface area contributed by atoms with Gasteiger partial charge in [-0.05, 0) is 24.0 Å². The highest BCUT2D eigenvalue weighted by Gasteiger charge is 2.18. The summed E-state index contributed by atoms with van der Waals surface area (Å²) in [5.74, 6) is 0.885. The van der Waals surface area contributed by atoms with E-state index in [-0.39, 0.29) is 0 Å². The van der Waals surface area contributed by atoms with Gasteiger partial charge in [0.2, 0.25) is 0 Å². The first-order chi connectivity index (χ1) is 7.65. The van der Waals surface area contributed by atoms with E-state index < -0.39 is 0 Å². The van der Waals surface area contributed by atoms with Crippen LogP contribution in [0, 0.1) is 0 Å². The van der Waals surface area contributed by atoms with Gasteiger partial charge < -0.3 is 4.52 Å². The molecule has 0 saturated carbocycles. The lowest BCUT2D eigenvalue weighted by molar-refractivity contribution is 0.431. The Morgan fingerprint density at radius 3 is 2.69 bits per heavy atom. The molecule has 0 fully saturated rings. The van der Waals surface area contributed by atoms with Gasteiger partial charge in [0, 0.05) is 12.1 Å². The van der Waals surface area contributed by atoms with E-state index in [1.54, 1.807) is 6.20 Å². The molecule has 2 heterocycles. The Morgan fingerprint density at radius 1 is 1.31 bits per heavy atom. The number of hydrogen-bond donors (Lipinski definition) is 0. The molecule has 2 rings (SSSR count). The van der Waals surface area contributed by atoms with Gasteiger partial charge in [0.25, 0.3) is 5.71 Å². The monoisotopic (exact) mass is 218 g/mol. The Bertz CT molecular complexity index is 488. The van der Waals surface area contributed by atoms with E-state index in [0.717, 1.165) is 17.5 Å². The molecular weight excluding hydrogens is 200 g/mol. The third-order valence-corrected chi connectivity index (χ3v) is 3.14. The molecule has 1 atom stereocenters. The minimum Gasteiger partial charge on any atom is -0.336 e. The average molecular weight is 218 g/mol. The van der Waals surface area contributed by atoms with Gasteiger partial charge in [0.1, 0.15) is 0 Å². The second-order valence-corrected chi connectivity index (χ2v) is 4.61. The first kappa shape index (κ1) is 11.1. The smallest absolute Gasteiger partial charge is 0.258 e. The third-order valence-electron chi connectivity index (χ3n) is 3.14.